The summed E-state index contributed by atoms with van der Waals surface area (Å²) >= 11 is 6.45. The average molecular weight is 504 g/mol. The van der Waals surface area contributed by atoms with E-state index in [4.69, 9.17) is 16.3 Å². The Labute approximate surface area is 217 Å². The summed E-state index contributed by atoms with van der Waals surface area (Å²) < 4.78 is 5.63. The molecule has 0 spiro atoms. The summed E-state index contributed by atoms with van der Waals surface area (Å²) in [7, 11) is 1.64. The first kappa shape index (κ1) is 26.6. The highest BCUT2D eigenvalue weighted by molar-refractivity contribution is 6.34. The number of hydrogen-bond donors (Lipinski definition) is 2. The molecule has 1 amide bonds. The Morgan fingerprint density at radius 3 is 2.54 bits per heavy atom. The fourth-order valence-corrected chi connectivity index (χ4v) is 6.82. The molecule has 4 rings (SSSR count). The number of fused-ring (bicyclic) bond motifs is 2. The van der Waals surface area contributed by atoms with Crippen LogP contribution in [0.25, 0.3) is 0 Å². The van der Waals surface area contributed by atoms with E-state index in [1.165, 1.54) is 96.6 Å². The highest BCUT2D eigenvalue weighted by atomic mass is 35.5. The van der Waals surface area contributed by atoms with E-state index in [2.05, 4.69) is 15.5 Å². The van der Waals surface area contributed by atoms with Gasteiger partial charge >= 0.3 is 0 Å². The smallest absolute Gasteiger partial charge is 0.255 e. The highest BCUT2D eigenvalue weighted by Crippen LogP contribution is 2.40. The van der Waals surface area contributed by atoms with Gasteiger partial charge in [-0.05, 0) is 70.0 Å². The van der Waals surface area contributed by atoms with Crippen molar-refractivity contribution in [2.45, 2.75) is 102 Å². The van der Waals surface area contributed by atoms with Gasteiger partial charge in [-0.15, -0.1) is 0 Å². The summed E-state index contributed by atoms with van der Waals surface area (Å²) in [4.78, 5) is 15.9. The van der Waals surface area contributed by atoms with Gasteiger partial charge in [0.25, 0.3) is 5.91 Å². The molecule has 0 aliphatic carbocycles. The number of amides is 1. The summed E-state index contributed by atoms with van der Waals surface area (Å²) in [6, 6.07) is 2.56. The van der Waals surface area contributed by atoms with Gasteiger partial charge in [-0.2, -0.15) is 0 Å². The van der Waals surface area contributed by atoms with E-state index in [9.17, 15) is 4.79 Å². The summed E-state index contributed by atoms with van der Waals surface area (Å²) in [5.41, 5.74) is 2.49. The van der Waals surface area contributed by atoms with Crippen LogP contribution in [-0.4, -0.2) is 50.1 Å². The zero-order valence-corrected chi connectivity index (χ0v) is 22.6. The molecule has 6 heteroatoms. The molecule has 0 aromatic heterocycles. The molecule has 1 aromatic rings. The molecule has 0 bridgehead atoms. The summed E-state index contributed by atoms with van der Waals surface area (Å²) in [6.07, 6.45) is 19.7. The van der Waals surface area contributed by atoms with Crippen molar-refractivity contribution in [3.05, 3.63) is 22.2 Å². The quantitative estimate of drug-likeness (QED) is 0.462. The molecular formula is C29H46ClN3O2. The third-order valence-corrected chi connectivity index (χ3v) is 8.80. The third-order valence-electron chi connectivity index (χ3n) is 8.50. The number of anilines is 1. The standard InChI is InChI=1S/C29H46ClN3O2/c1-35-28-24-16-18-31-27(24)26(30)21-25(28)29(34)32-17-15-22-11-7-8-14-23-13-6-4-2-3-5-9-19-33(23)20-10-12-22/h21-23,31H,2-20H2,1H3,(H,32,34). The van der Waals surface area contributed by atoms with E-state index in [-0.39, 0.29) is 5.91 Å². The first-order valence-electron chi connectivity index (χ1n) is 14.3. The van der Waals surface area contributed by atoms with Crippen molar-refractivity contribution >= 4 is 23.2 Å². The molecule has 35 heavy (non-hydrogen) atoms. The summed E-state index contributed by atoms with van der Waals surface area (Å²) in [5.74, 6) is 1.29. The van der Waals surface area contributed by atoms with E-state index in [0.717, 1.165) is 36.7 Å². The molecule has 2 atom stereocenters. The maximum Gasteiger partial charge on any atom is 0.255 e. The zero-order chi connectivity index (χ0) is 24.5. The van der Waals surface area contributed by atoms with Crippen molar-refractivity contribution in [3.63, 3.8) is 0 Å². The number of carbonyl (C=O) groups excluding carboxylic acids is 1. The van der Waals surface area contributed by atoms with Gasteiger partial charge in [0.1, 0.15) is 5.75 Å². The van der Waals surface area contributed by atoms with E-state index >= 15 is 0 Å². The normalized spacial score (nSPS) is 24.5. The lowest BCUT2D eigenvalue weighted by Crippen LogP contribution is -2.38. The molecule has 2 unspecified atom stereocenters. The molecule has 1 aromatic carbocycles. The Bertz CT molecular complexity index is 831. The molecule has 3 aliphatic rings. The van der Waals surface area contributed by atoms with Crippen LogP contribution in [0, 0.1) is 5.92 Å². The maximum atomic E-state index is 13.0. The predicted octanol–water partition coefficient (Wildman–Crippen LogP) is 6.82. The Morgan fingerprint density at radius 2 is 1.71 bits per heavy atom. The fraction of sp³-hybridized carbons (Fsp3) is 0.759. The lowest BCUT2D eigenvalue weighted by molar-refractivity contribution is 0.0947. The van der Waals surface area contributed by atoms with E-state index in [1.54, 1.807) is 13.2 Å². The molecule has 2 fully saturated rings. The van der Waals surface area contributed by atoms with E-state index < -0.39 is 0 Å². The van der Waals surface area contributed by atoms with Gasteiger partial charge in [-0.1, -0.05) is 63.0 Å². The first-order valence-corrected chi connectivity index (χ1v) is 14.7. The van der Waals surface area contributed by atoms with Gasteiger partial charge in [0.15, 0.2) is 0 Å². The van der Waals surface area contributed by atoms with Crippen molar-refractivity contribution in [2.75, 3.05) is 38.6 Å². The third kappa shape index (κ3) is 7.29. The largest absolute Gasteiger partial charge is 0.496 e. The van der Waals surface area contributed by atoms with E-state index in [1.807, 2.05) is 0 Å². The van der Waals surface area contributed by atoms with Gasteiger partial charge in [-0.3, -0.25) is 4.79 Å². The van der Waals surface area contributed by atoms with Crippen LogP contribution in [0.4, 0.5) is 5.69 Å². The second-order valence-corrected chi connectivity index (χ2v) is 11.3. The minimum absolute atomic E-state index is 0.0752. The number of ether oxygens (including phenoxy) is 1. The number of methoxy groups -OCH3 is 1. The lowest BCUT2D eigenvalue weighted by atomic mass is 9.89. The molecule has 2 N–H and O–H groups in total. The van der Waals surface area contributed by atoms with Crippen molar-refractivity contribution in [3.8, 4) is 5.75 Å². The van der Waals surface area contributed by atoms with Crippen LogP contribution in [0.15, 0.2) is 6.07 Å². The van der Waals surface area contributed by atoms with Crippen LogP contribution in [0.2, 0.25) is 5.02 Å². The summed E-state index contributed by atoms with van der Waals surface area (Å²) in [5, 5.41) is 7.07. The van der Waals surface area contributed by atoms with Gasteiger partial charge in [0.05, 0.1) is 23.4 Å². The monoisotopic (exact) mass is 503 g/mol. The van der Waals surface area contributed by atoms with Crippen molar-refractivity contribution in [1.29, 1.82) is 0 Å². The molecular weight excluding hydrogens is 458 g/mol. The number of benzene rings is 1. The zero-order valence-electron chi connectivity index (χ0n) is 21.8. The Morgan fingerprint density at radius 1 is 1.03 bits per heavy atom. The predicted molar refractivity (Wildman–Crippen MR) is 146 cm³/mol. The lowest BCUT2D eigenvalue weighted by Gasteiger charge is -2.34. The van der Waals surface area contributed by atoms with Crippen LogP contribution in [-0.2, 0) is 6.42 Å². The molecule has 0 saturated carbocycles. The van der Waals surface area contributed by atoms with Crippen LogP contribution in [0.3, 0.4) is 0 Å². The number of nitrogens with one attached hydrogen (secondary N) is 2. The number of carbonyl (C=O) groups is 1. The molecule has 0 radical (unpaired) electrons. The number of nitrogens with zero attached hydrogens (tertiary/aromatic N) is 1. The van der Waals surface area contributed by atoms with Gasteiger partial charge in [-0.25, -0.2) is 0 Å². The number of rotatable bonds is 5. The van der Waals surface area contributed by atoms with Gasteiger partial charge in [0.2, 0.25) is 0 Å². The van der Waals surface area contributed by atoms with E-state index in [0.29, 0.717) is 28.8 Å². The molecule has 3 heterocycles. The minimum Gasteiger partial charge on any atom is -0.496 e. The Hall–Kier alpha value is -1.46. The average Bonchev–Trinajstić information content (AvgIpc) is 3.36. The molecule has 2 saturated heterocycles. The van der Waals surface area contributed by atoms with Crippen molar-refractivity contribution < 1.29 is 9.53 Å². The minimum atomic E-state index is -0.0752. The van der Waals surface area contributed by atoms with Gasteiger partial charge < -0.3 is 20.3 Å². The Kier molecular flexibility index (Phi) is 10.4. The molecule has 3 aliphatic heterocycles. The number of halogens is 1. The van der Waals surface area contributed by atoms with Crippen LogP contribution in [0.5, 0.6) is 5.75 Å². The second-order valence-electron chi connectivity index (χ2n) is 10.9. The van der Waals surface area contributed by atoms with Gasteiger partial charge in [0, 0.05) is 24.7 Å². The SMILES string of the molecule is COc1c(C(=O)NCCC2CCCCC3CCCCCCCCN3CCC2)cc(Cl)c2c1CCN2. The molecule has 5 nitrogen and oxygen atoms in total. The van der Waals surface area contributed by atoms with Crippen molar-refractivity contribution in [2.24, 2.45) is 5.92 Å². The summed E-state index contributed by atoms with van der Waals surface area (Å²) in [6.45, 7) is 4.10. The maximum absolute atomic E-state index is 13.0. The highest BCUT2D eigenvalue weighted by Gasteiger charge is 2.25. The van der Waals surface area contributed by atoms with Crippen LogP contribution >= 0.6 is 11.6 Å². The Balaban J connectivity index is 1.28. The first-order chi connectivity index (χ1) is 17.2. The van der Waals surface area contributed by atoms with Crippen LogP contribution < -0.4 is 15.4 Å². The fourth-order valence-electron chi connectivity index (χ4n) is 6.53. The van der Waals surface area contributed by atoms with Crippen molar-refractivity contribution in [1.82, 2.24) is 10.2 Å². The topological polar surface area (TPSA) is 53.6 Å². The number of hydrogen-bond acceptors (Lipinski definition) is 4. The molecule has 196 valence electrons. The second kappa shape index (κ2) is 13.7. The van der Waals surface area contributed by atoms with Crippen LogP contribution in [0.1, 0.15) is 106 Å².